The summed E-state index contributed by atoms with van der Waals surface area (Å²) in [6.07, 6.45) is 3.70. The number of aromatic nitrogens is 2. The van der Waals surface area contributed by atoms with Crippen molar-refractivity contribution in [2.75, 3.05) is 10.8 Å². The van der Waals surface area contributed by atoms with Gasteiger partial charge in [-0.3, -0.25) is 4.99 Å². The molecule has 0 saturated carbocycles. The molecule has 1 saturated heterocycles. The minimum atomic E-state index is -4.17. The van der Waals surface area contributed by atoms with Crippen LogP contribution in [0.25, 0.3) is 17.3 Å². The third kappa shape index (κ3) is 4.13. The number of nitrogens with zero attached hydrogens (tertiary/aromatic N) is 5. The number of quaternary nitrogens is 1. The van der Waals surface area contributed by atoms with Crippen molar-refractivity contribution < 1.29 is 31.4 Å². The van der Waals surface area contributed by atoms with E-state index < -0.39 is 40.3 Å². The zero-order chi connectivity index (χ0) is 30.3. The molecule has 0 radical (unpaired) electrons. The van der Waals surface area contributed by atoms with E-state index in [9.17, 15) is 22.3 Å². The molecule has 220 valence electrons. The number of rotatable bonds is 6. The molecule has 0 amide bonds. The molecule has 3 aromatic carbocycles. The van der Waals surface area contributed by atoms with Crippen LogP contribution in [0.15, 0.2) is 82.9 Å². The second-order valence-electron chi connectivity index (χ2n) is 11.2. The van der Waals surface area contributed by atoms with Crippen molar-refractivity contribution in [1.82, 2.24) is 14.5 Å². The number of anilines is 1. The van der Waals surface area contributed by atoms with Crippen LogP contribution in [0.5, 0.6) is 5.75 Å². The van der Waals surface area contributed by atoms with E-state index in [0.717, 1.165) is 0 Å². The van der Waals surface area contributed by atoms with Gasteiger partial charge in [-0.1, -0.05) is 24.3 Å². The van der Waals surface area contributed by atoms with Gasteiger partial charge < -0.3 is 9.84 Å². The lowest BCUT2D eigenvalue weighted by Crippen LogP contribution is -2.74. The molecule has 1 fully saturated rings. The number of alkyl halides is 2. The Labute approximate surface area is 244 Å². The second kappa shape index (κ2) is 9.33. The highest BCUT2D eigenvalue weighted by atomic mass is 32.2. The van der Waals surface area contributed by atoms with Crippen LogP contribution in [0, 0.1) is 5.82 Å². The van der Waals surface area contributed by atoms with Gasteiger partial charge in [0.1, 0.15) is 29.9 Å². The molecule has 4 aromatic rings. The Morgan fingerprint density at radius 1 is 1.07 bits per heavy atom. The fraction of sp³-hybridized carbons (Fsp3) is 0.233. The minimum absolute atomic E-state index is 0.0337. The van der Waals surface area contributed by atoms with E-state index in [2.05, 4.69) is 9.97 Å². The van der Waals surface area contributed by atoms with Crippen LogP contribution in [-0.4, -0.2) is 48.9 Å². The number of benzene rings is 3. The quantitative estimate of drug-likeness (QED) is 0.337. The van der Waals surface area contributed by atoms with E-state index in [-0.39, 0.29) is 44.4 Å². The predicted molar refractivity (Wildman–Crippen MR) is 151 cm³/mol. The molecule has 3 atom stereocenters. The molecule has 9 nitrogen and oxygen atoms in total. The summed E-state index contributed by atoms with van der Waals surface area (Å²) in [4.78, 5) is 13.2. The fourth-order valence-electron chi connectivity index (χ4n) is 6.19. The third-order valence-corrected chi connectivity index (χ3v) is 9.79. The van der Waals surface area contributed by atoms with Crippen LogP contribution in [0.2, 0.25) is 0 Å². The molecule has 4 heterocycles. The van der Waals surface area contributed by atoms with E-state index in [4.69, 9.17) is 9.73 Å². The van der Waals surface area contributed by atoms with Gasteiger partial charge in [0.25, 0.3) is 10.0 Å². The maximum Gasteiger partial charge on any atom is 0.387 e. The highest BCUT2D eigenvalue weighted by molar-refractivity contribution is 7.93. The molecule has 43 heavy (non-hydrogen) atoms. The fourth-order valence-corrected chi connectivity index (χ4v) is 7.92. The Balaban J connectivity index is 1.44. The van der Waals surface area contributed by atoms with Crippen molar-refractivity contribution >= 4 is 27.6 Å². The van der Waals surface area contributed by atoms with Crippen LogP contribution >= 0.6 is 0 Å². The Bertz CT molecular complexity index is 2000. The van der Waals surface area contributed by atoms with E-state index in [1.807, 2.05) is 0 Å². The summed E-state index contributed by atoms with van der Waals surface area (Å²) in [5.74, 6) is -0.582. The normalized spacial score (nSPS) is 22.0. The lowest BCUT2D eigenvalue weighted by molar-refractivity contribution is -0.0505. The van der Waals surface area contributed by atoms with E-state index in [1.54, 1.807) is 36.5 Å². The molecule has 3 aliphatic heterocycles. The standard InChI is InChI=1S/C30H25F3N5O4S/c1-30(2,39)28-34-13-18(14-35-28)20-11-17-15-38-16-23(36-22(17)12-21(20)31)27(38)37(43(40,41)19-7-4-3-5-8-19)24-9-6-10-25(26(24)38)42-29(32)33/h3-15,23,27,29,39H,16H2,1-2H3/q+1/t23-,27?,38+/m1/s1. The van der Waals surface area contributed by atoms with E-state index in [0.29, 0.717) is 16.1 Å². The van der Waals surface area contributed by atoms with Crippen molar-refractivity contribution in [1.29, 1.82) is 0 Å². The van der Waals surface area contributed by atoms with E-state index in [1.165, 1.54) is 60.9 Å². The van der Waals surface area contributed by atoms with E-state index >= 15 is 4.39 Å². The summed E-state index contributed by atoms with van der Waals surface area (Å²) in [5, 5.41) is 11.0. The average Bonchev–Trinajstić information content (AvgIpc) is 3.04. The summed E-state index contributed by atoms with van der Waals surface area (Å²) in [5.41, 5.74) is -0.309. The van der Waals surface area contributed by atoms with Gasteiger partial charge >= 0.3 is 6.61 Å². The third-order valence-electron chi connectivity index (χ3n) is 7.99. The monoisotopic (exact) mass is 608 g/mol. The summed E-state index contributed by atoms with van der Waals surface area (Å²) in [7, 11) is -4.17. The van der Waals surface area contributed by atoms with Gasteiger partial charge in [-0.25, -0.2) is 31.6 Å². The van der Waals surface area contributed by atoms with Crippen LogP contribution in [-0.2, 0) is 15.6 Å². The number of fused-ring (bicyclic) bond motifs is 4. The molecule has 2 bridgehead atoms. The molecule has 7 rings (SSSR count). The number of halogens is 3. The summed E-state index contributed by atoms with van der Waals surface area (Å²) < 4.78 is 76.9. The average molecular weight is 609 g/mol. The first-order valence-corrected chi connectivity index (χ1v) is 14.8. The molecule has 1 aromatic heterocycles. The van der Waals surface area contributed by atoms with Crippen molar-refractivity contribution in [3.63, 3.8) is 0 Å². The number of aliphatic hydroxyl groups is 1. The molecule has 3 aliphatic rings. The Hall–Kier alpha value is -4.33. The van der Waals surface area contributed by atoms with Crippen molar-refractivity contribution in [3.05, 3.63) is 95.3 Å². The summed E-state index contributed by atoms with van der Waals surface area (Å²) in [6, 6.07) is 14.5. The molecular formula is C30H25F3N5O4S+. The Morgan fingerprint density at radius 3 is 2.47 bits per heavy atom. The zero-order valence-electron chi connectivity index (χ0n) is 22.9. The lowest BCUT2D eigenvalue weighted by Gasteiger charge is -2.49. The second-order valence-corrected chi connectivity index (χ2v) is 13.0. The van der Waals surface area contributed by atoms with Gasteiger partial charge in [-0.05, 0) is 44.2 Å². The first-order chi connectivity index (χ1) is 20.4. The van der Waals surface area contributed by atoms with Crippen molar-refractivity contribution in [2.24, 2.45) is 4.99 Å². The predicted octanol–water partition coefficient (Wildman–Crippen LogP) is 3.41. The zero-order valence-corrected chi connectivity index (χ0v) is 23.7. The van der Waals surface area contributed by atoms with Gasteiger partial charge in [-0.2, -0.15) is 8.78 Å². The van der Waals surface area contributed by atoms with Gasteiger partial charge in [0, 0.05) is 29.6 Å². The van der Waals surface area contributed by atoms with Gasteiger partial charge in [0.05, 0.1) is 15.5 Å². The molecule has 0 aliphatic carbocycles. The largest absolute Gasteiger partial charge is 0.428 e. The van der Waals surface area contributed by atoms with Crippen LogP contribution < -0.4 is 24.1 Å². The Kier molecular flexibility index (Phi) is 5.97. The van der Waals surface area contributed by atoms with Crippen LogP contribution in [0.1, 0.15) is 19.7 Å². The summed E-state index contributed by atoms with van der Waals surface area (Å²) >= 11 is 0. The van der Waals surface area contributed by atoms with Crippen molar-refractivity contribution in [3.8, 4) is 16.9 Å². The number of ether oxygens (including phenoxy) is 1. The smallest absolute Gasteiger partial charge is 0.387 e. The maximum absolute atomic E-state index is 15.5. The Morgan fingerprint density at radius 2 is 1.79 bits per heavy atom. The highest BCUT2D eigenvalue weighted by Gasteiger charge is 2.68. The number of hydrogen-bond acceptors (Lipinski definition) is 7. The number of sulfonamides is 1. The lowest BCUT2D eigenvalue weighted by atomic mass is 10.0. The first-order valence-electron chi connectivity index (χ1n) is 13.4. The first kappa shape index (κ1) is 27.5. The summed E-state index contributed by atoms with van der Waals surface area (Å²) in [6.45, 7) is 0.176. The topological polar surface area (TPSA) is 105 Å². The van der Waals surface area contributed by atoms with Gasteiger partial charge in [0.2, 0.25) is 11.9 Å². The SMILES string of the molecule is CC(C)(O)c1ncc(-c2cc3c(cc2F)=N[C@@H]2C[N@@+]4(C=3)c3c(OC(F)F)cccc3N(S(=O)(=O)c3ccccc3)C24)cn1. The van der Waals surface area contributed by atoms with Crippen LogP contribution in [0.3, 0.4) is 0 Å². The highest BCUT2D eigenvalue weighted by Crippen LogP contribution is 2.58. The van der Waals surface area contributed by atoms with Crippen LogP contribution in [0.4, 0.5) is 24.5 Å². The molecule has 1 unspecified atom stereocenters. The van der Waals surface area contributed by atoms with Crippen molar-refractivity contribution in [2.45, 2.75) is 43.2 Å². The maximum atomic E-state index is 15.5. The van der Waals surface area contributed by atoms with Gasteiger partial charge in [-0.15, -0.1) is 0 Å². The van der Waals surface area contributed by atoms with Gasteiger partial charge in [0.15, 0.2) is 17.6 Å². The minimum Gasteiger partial charge on any atom is -0.428 e. The molecular weight excluding hydrogens is 583 g/mol. The molecule has 13 heteroatoms. The molecule has 1 N–H and O–H groups in total. The number of hydrogen-bond donors (Lipinski definition) is 1. The number of para-hydroxylation sites is 1. The molecule has 1 spiro atoms.